The van der Waals surface area contributed by atoms with Gasteiger partial charge in [-0.25, -0.2) is 0 Å². The lowest BCUT2D eigenvalue weighted by Gasteiger charge is -2.29. The summed E-state index contributed by atoms with van der Waals surface area (Å²) in [4.78, 5) is 9.44. The summed E-state index contributed by atoms with van der Waals surface area (Å²) in [6.45, 7) is 5.56. The quantitative estimate of drug-likeness (QED) is 0.845. The second-order valence-corrected chi connectivity index (χ2v) is 7.13. The van der Waals surface area contributed by atoms with Crippen molar-refractivity contribution in [1.82, 2.24) is 9.88 Å². The number of hydrogen-bond acceptors (Lipinski definition) is 3. The molecule has 0 N–H and O–H groups in total. The van der Waals surface area contributed by atoms with Gasteiger partial charge in [-0.05, 0) is 56.6 Å². The van der Waals surface area contributed by atoms with E-state index in [1.807, 2.05) is 18.5 Å². The average molecular weight is 307 g/mol. The number of rotatable bonds is 2. The molecule has 1 fully saturated rings. The third kappa shape index (κ3) is 2.74. The second-order valence-electron chi connectivity index (χ2n) is 7.13. The van der Waals surface area contributed by atoms with Crippen LogP contribution in [0, 0.1) is 6.92 Å². The van der Waals surface area contributed by atoms with E-state index in [9.17, 15) is 0 Å². The molecule has 2 aliphatic heterocycles. The van der Waals surface area contributed by atoms with E-state index in [0.29, 0.717) is 12.0 Å². The van der Waals surface area contributed by atoms with Gasteiger partial charge in [0.05, 0.1) is 0 Å². The third-order valence-electron chi connectivity index (χ3n) is 5.38. The van der Waals surface area contributed by atoms with Crippen molar-refractivity contribution in [2.24, 2.45) is 0 Å². The Morgan fingerprint density at radius 3 is 3.00 bits per heavy atom. The summed E-state index contributed by atoms with van der Waals surface area (Å²) < 4.78 is 0. The Bertz CT molecular complexity index is 683. The summed E-state index contributed by atoms with van der Waals surface area (Å²) in [5, 5.41) is 0. The topological polar surface area (TPSA) is 19.4 Å². The maximum Gasteiger partial charge on any atom is 0.0448 e. The van der Waals surface area contributed by atoms with Crippen molar-refractivity contribution in [1.29, 1.82) is 0 Å². The van der Waals surface area contributed by atoms with Crippen LogP contribution in [0.5, 0.6) is 0 Å². The molecular weight excluding hydrogens is 282 g/mol. The minimum absolute atomic E-state index is 0.622. The maximum atomic E-state index is 4.30. The highest BCUT2D eigenvalue weighted by Gasteiger charge is 2.39. The highest BCUT2D eigenvalue weighted by Crippen LogP contribution is 2.45. The van der Waals surface area contributed by atoms with E-state index in [-0.39, 0.29) is 0 Å². The van der Waals surface area contributed by atoms with Gasteiger partial charge in [-0.15, -0.1) is 0 Å². The molecular formula is C20H25N3. The molecule has 0 aliphatic carbocycles. The highest BCUT2D eigenvalue weighted by molar-refractivity contribution is 5.63. The molecule has 1 saturated heterocycles. The molecule has 0 bridgehead atoms. The van der Waals surface area contributed by atoms with Crippen LogP contribution in [0.3, 0.4) is 0 Å². The van der Waals surface area contributed by atoms with Gasteiger partial charge in [0.1, 0.15) is 0 Å². The lowest BCUT2D eigenvalue weighted by atomic mass is 9.92. The normalized spacial score (nSPS) is 24.2. The standard InChI is InChI=1S/C20H25N3/c1-15-7-8-20-17(11-15)18-14-22(2)10-4-6-19(18)23(20)13-16-5-3-9-21-12-16/h3,5,7-9,11-12,18-19H,4,6,10,13-14H2,1-2H3. The van der Waals surface area contributed by atoms with E-state index >= 15 is 0 Å². The predicted molar refractivity (Wildman–Crippen MR) is 94.9 cm³/mol. The fourth-order valence-corrected chi connectivity index (χ4v) is 4.30. The number of nitrogens with zero attached hydrogens (tertiary/aromatic N) is 3. The summed E-state index contributed by atoms with van der Waals surface area (Å²) in [6.07, 6.45) is 6.43. The van der Waals surface area contributed by atoms with Gasteiger partial charge in [0.15, 0.2) is 0 Å². The highest BCUT2D eigenvalue weighted by atomic mass is 15.2. The summed E-state index contributed by atoms with van der Waals surface area (Å²) in [7, 11) is 2.27. The fraction of sp³-hybridized carbons (Fsp3) is 0.450. The zero-order valence-corrected chi connectivity index (χ0v) is 14.1. The smallest absolute Gasteiger partial charge is 0.0448 e. The average Bonchev–Trinajstić information content (AvgIpc) is 2.70. The van der Waals surface area contributed by atoms with Crippen LogP contribution in [0.2, 0.25) is 0 Å². The number of benzene rings is 1. The van der Waals surface area contributed by atoms with Crippen molar-refractivity contribution in [2.45, 2.75) is 38.3 Å². The first-order chi connectivity index (χ1) is 11.2. The van der Waals surface area contributed by atoms with Crippen LogP contribution < -0.4 is 4.90 Å². The third-order valence-corrected chi connectivity index (χ3v) is 5.38. The molecule has 0 saturated carbocycles. The minimum atomic E-state index is 0.622. The van der Waals surface area contributed by atoms with Crippen LogP contribution in [0.25, 0.3) is 0 Å². The van der Waals surface area contributed by atoms with Crippen molar-refractivity contribution < 1.29 is 0 Å². The molecule has 4 rings (SSSR count). The van der Waals surface area contributed by atoms with Crippen LogP contribution in [0.4, 0.5) is 5.69 Å². The number of anilines is 1. The molecule has 3 heterocycles. The Kier molecular flexibility index (Phi) is 3.82. The van der Waals surface area contributed by atoms with Gasteiger partial charge in [-0.1, -0.05) is 23.8 Å². The van der Waals surface area contributed by atoms with E-state index in [1.165, 1.54) is 42.7 Å². The van der Waals surface area contributed by atoms with Gasteiger partial charge in [-0.3, -0.25) is 4.98 Å². The number of likely N-dealkylation sites (N-methyl/N-ethyl adjacent to an activating group) is 1. The first kappa shape index (κ1) is 14.7. The van der Waals surface area contributed by atoms with E-state index in [2.05, 4.69) is 53.0 Å². The summed E-state index contributed by atoms with van der Waals surface area (Å²) in [5.74, 6) is 0.633. The molecule has 23 heavy (non-hydrogen) atoms. The first-order valence-corrected chi connectivity index (χ1v) is 8.67. The first-order valence-electron chi connectivity index (χ1n) is 8.67. The van der Waals surface area contributed by atoms with Crippen molar-refractivity contribution in [3.05, 3.63) is 59.4 Å². The molecule has 2 unspecified atom stereocenters. The monoisotopic (exact) mass is 307 g/mol. The Hall–Kier alpha value is -1.87. The predicted octanol–water partition coefficient (Wildman–Crippen LogP) is 3.59. The lowest BCUT2D eigenvalue weighted by molar-refractivity contribution is 0.330. The minimum Gasteiger partial charge on any atom is -0.363 e. The maximum absolute atomic E-state index is 4.30. The number of hydrogen-bond donors (Lipinski definition) is 0. The number of aromatic nitrogens is 1. The van der Waals surface area contributed by atoms with Gasteiger partial charge >= 0.3 is 0 Å². The Labute approximate surface area is 139 Å². The van der Waals surface area contributed by atoms with Gasteiger partial charge in [-0.2, -0.15) is 0 Å². The number of fused-ring (bicyclic) bond motifs is 3. The fourth-order valence-electron chi connectivity index (χ4n) is 4.30. The van der Waals surface area contributed by atoms with Gasteiger partial charge in [0.25, 0.3) is 0 Å². The van der Waals surface area contributed by atoms with E-state index in [1.54, 1.807) is 5.56 Å². The van der Waals surface area contributed by atoms with Crippen molar-refractivity contribution in [2.75, 3.05) is 25.0 Å². The molecule has 1 aromatic heterocycles. The number of aryl methyl sites for hydroxylation is 1. The lowest BCUT2D eigenvalue weighted by Crippen LogP contribution is -2.35. The van der Waals surface area contributed by atoms with Crippen LogP contribution in [0.15, 0.2) is 42.7 Å². The van der Waals surface area contributed by atoms with Crippen LogP contribution in [0.1, 0.15) is 35.4 Å². The molecule has 0 amide bonds. The molecule has 2 aromatic rings. The zero-order valence-electron chi connectivity index (χ0n) is 14.1. The van der Waals surface area contributed by atoms with Crippen LogP contribution >= 0.6 is 0 Å². The van der Waals surface area contributed by atoms with Crippen molar-refractivity contribution in [3.8, 4) is 0 Å². The van der Waals surface area contributed by atoms with Crippen LogP contribution in [-0.2, 0) is 6.54 Å². The largest absolute Gasteiger partial charge is 0.363 e. The molecule has 1 aromatic carbocycles. The summed E-state index contributed by atoms with van der Waals surface area (Å²) in [5.41, 5.74) is 5.66. The molecule has 2 atom stereocenters. The Morgan fingerprint density at radius 1 is 1.26 bits per heavy atom. The molecule has 2 aliphatic rings. The SMILES string of the molecule is Cc1ccc2c(c1)C1CN(C)CCCC1N2Cc1cccnc1. The van der Waals surface area contributed by atoms with Crippen molar-refractivity contribution in [3.63, 3.8) is 0 Å². The molecule has 0 spiro atoms. The molecule has 0 radical (unpaired) electrons. The Balaban J connectivity index is 1.73. The summed E-state index contributed by atoms with van der Waals surface area (Å²) >= 11 is 0. The van der Waals surface area contributed by atoms with E-state index in [0.717, 1.165) is 6.54 Å². The molecule has 120 valence electrons. The Morgan fingerprint density at radius 2 is 2.17 bits per heavy atom. The van der Waals surface area contributed by atoms with Crippen LogP contribution in [-0.4, -0.2) is 36.1 Å². The number of pyridine rings is 1. The number of likely N-dealkylation sites (tertiary alicyclic amines) is 1. The summed E-state index contributed by atoms with van der Waals surface area (Å²) in [6, 6.07) is 11.9. The van der Waals surface area contributed by atoms with E-state index in [4.69, 9.17) is 0 Å². The van der Waals surface area contributed by atoms with Crippen molar-refractivity contribution >= 4 is 5.69 Å². The molecule has 3 nitrogen and oxygen atoms in total. The van der Waals surface area contributed by atoms with Gasteiger partial charge in [0, 0.05) is 43.1 Å². The van der Waals surface area contributed by atoms with E-state index < -0.39 is 0 Å². The van der Waals surface area contributed by atoms with Gasteiger partial charge < -0.3 is 9.80 Å². The zero-order chi connectivity index (χ0) is 15.8. The van der Waals surface area contributed by atoms with Gasteiger partial charge in [0.2, 0.25) is 0 Å². The molecule has 3 heteroatoms. The second kappa shape index (κ2) is 5.97.